The van der Waals surface area contributed by atoms with E-state index < -0.39 is 0 Å². The molecule has 1 aliphatic heterocycles. The molecule has 3 heteroatoms. The van der Waals surface area contributed by atoms with Gasteiger partial charge in [-0.05, 0) is 25.3 Å². The van der Waals surface area contributed by atoms with Gasteiger partial charge in [0.05, 0.1) is 12.2 Å². The molecule has 0 radical (unpaired) electrons. The van der Waals surface area contributed by atoms with E-state index in [9.17, 15) is 0 Å². The van der Waals surface area contributed by atoms with Gasteiger partial charge in [0.25, 0.3) is 0 Å². The Morgan fingerprint density at radius 3 is 2.47 bits per heavy atom. The average molecular weight is 235 g/mol. The molecule has 17 heavy (non-hydrogen) atoms. The highest BCUT2D eigenvalue weighted by Crippen LogP contribution is 2.25. The highest BCUT2D eigenvalue weighted by molar-refractivity contribution is 5.18. The third kappa shape index (κ3) is 3.53. The number of ether oxygens (including phenoxy) is 2. The Morgan fingerprint density at radius 1 is 1.24 bits per heavy atom. The fourth-order valence-corrected chi connectivity index (χ4v) is 2.17. The summed E-state index contributed by atoms with van der Waals surface area (Å²) in [6, 6.07) is 10.2. The first-order valence-electron chi connectivity index (χ1n) is 6.31. The lowest BCUT2D eigenvalue weighted by molar-refractivity contribution is -0.0758. The first-order chi connectivity index (χ1) is 8.27. The Bertz CT molecular complexity index is 320. The molecule has 0 aromatic heterocycles. The Labute approximate surface area is 103 Å². The van der Waals surface area contributed by atoms with Gasteiger partial charge in [-0.25, -0.2) is 0 Å². The van der Waals surface area contributed by atoms with Crippen molar-refractivity contribution in [3.8, 4) is 0 Å². The number of benzene rings is 1. The maximum Gasteiger partial charge on any atom is 0.0976 e. The predicted octanol–water partition coefficient (Wildman–Crippen LogP) is 2.27. The van der Waals surface area contributed by atoms with Crippen LogP contribution in [0.4, 0.5) is 0 Å². The second-order valence-corrected chi connectivity index (χ2v) is 4.64. The Morgan fingerprint density at radius 2 is 1.88 bits per heavy atom. The molecule has 0 saturated carbocycles. The lowest BCUT2D eigenvalue weighted by Gasteiger charge is -2.30. The molecule has 0 amide bonds. The van der Waals surface area contributed by atoms with Crippen molar-refractivity contribution in [2.75, 3.05) is 13.2 Å². The molecule has 1 saturated heterocycles. The molecule has 1 fully saturated rings. The summed E-state index contributed by atoms with van der Waals surface area (Å²) in [6.07, 6.45) is 2.20. The van der Waals surface area contributed by atoms with E-state index in [0.29, 0.717) is 0 Å². The first kappa shape index (κ1) is 12.6. The van der Waals surface area contributed by atoms with Crippen LogP contribution in [0.25, 0.3) is 0 Å². The zero-order chi connectivity index (χ0) is 12.1. The molecule has 94 valence electrons. The maximum absolute atomic E-state index is 6.13. The van der Waals surface area contributed by atoms with Crippen molar-refractivity contribution < 1.29 is 9.47 Å². The van der Waals surface area contributed by atoms with E-state index in [1.165, 1.54) is 0 Å². The zero-order valence-electron chi connectivity index (χ0n) is 10.3. The molecule has 0 bridgehead atoms. The van der Waals surface area contributed by atoms with Crippen LogP contribution in [0.15, 0.2) is 30.3 Å². The Balaban J connectivity index is 2.02. The van der Waals surface area contributed by atoms with Crippen molar-refractivity contribution in [3.05, 3.63) is 35.9 Å². The highest BCUT2D eigenvalue weighted by atomic mass is 16.5. The van der Waals surface area contributed by atoms with Crippen LogP contribution in [0, 0.1) is 0 Å². The van der Waals surface area contributed by atoms with Gasteiger partial charge in [-0.15, -0.1) is 0 Å². The van der Waals surface area contributed by atoms with Crippen molar-refractivity contribution >= 4 is 0 Å². The minimum atomic E-state index is -0.0145. The molecule has 1 aliphatic rings. The number of hydrogen-bond acceptors (Lipinski definition) is 3. The second-order valence-electron chi connectivity index (χ2n) is 4.64. The average Bonchev–Trinajstić information content (AvgIpc) is 2.38. The van der Waals surface area contributed by atoms with Crippen LogP contribution in [0.1, 0.15) is 31.4 Å². The van der Waals surface area contributed by atoms with Crippen molar-refractivity contribution in [3.63, 3.8) is 0 Å². The van der Waals surface area contributed by atoms with Gasteiger partial charge >= 0.3 is 0 Å². The molecule has 0 aliphatic carbocycles. The largest absolute Gasteiger partial charge is 0.381 e. The van der Waals surface area contributed by atoms with Crippen LogP contribution in [0.3, 0.4) is 0 Å². The predicted molar refractivity (Wildman–Crippen MR) is 67.8 cm³/mol. The Kier molecular flexibility index (Phi) is 4.54. The standard InChI is InChI=1S/C14H21NO2/c1-11(15)14(12-5-3-2-4-6-12)17-13-7-9-16-10-8-13/h2-6,11,13-14H,7-10,15H2,1H3/t11-,14-/m1/s1. The van der Waals surface area contributed by atoms with E-state index in [-0.39, 0.29) is 18.2 Å². The molecule has 1 heterocycles. The van der Waals surface area contributed by atoms with Crippen molar-refractivity contribution in [1.82, 2.24) is 0 Å². The van der Waals surface area contributed by atoms with Gasteiger partial charge in [-0.1, -0.05) is 30.3 Å². The smallest absolute Gasteiger partial charge is 0.0976 e. The molecule has 2 rings (SSSR count). The fraction of sp³-hybridized carbons (Fsp3) is 0.571. The molecule has 2 atom stereocenters. The van der Waals surface area contributed by atoms with Crippen LogP contribution < -0.4 is 5.73 Å². The van der Waals surface area contributed by atoms with Gasteiger partial charge in [0.15, 0.2) is 0 Å². The third-order valence-electron chi connectivity index (χ3n) is 3.11. The van der Waals surface area contributed by atoms with E-state index in [0.717, 1.165) is 31.6 Å². The lowest BCUT2D eigenvalue weighted by Crippen LogP contribution is -2.33. The summed E-state index contributed by atoms with van der Waals surface area (Å²) in [5, 5.41) is 0. The zero-order valence-corrected chi connectivity index (χ0v) is 10.3. The summed E-state index contributed by atoms with van der Waals surface area (Å²) >= 11 is 0. The SMILES string of the molecule is C[C@@H](N)[C@@H](OC1CCOCC1)c1ccccc1. The summed E-state index contributed by atoms with van der Waals surface area (Å²) in [4.78, 5) is 0. The third-order valence-corrected chi connectivity index (χ3v) is 3.11. The molecule has 1 aromatic rings. The van der Waals surface area contributed by atoms with Crippen molar-refractivity contribution in [2.45, 2.75) is 38.0 Å². The molecular weight excluding hydrogens is 214 g/mol. The van der Waals surface area contributed by atoms with Gasteiger partial charge in [0.1, 0.15) is 0 Å². The summed E-state index contributed by atoms with van der Waals surface area (Å²) in [7, 11) is 0. The topological polar surface area (TPSA) is 44.5 Å². The van der Waals surface area contributed by atoms with Crippen molar-refractivity contribution in [1.29, 1.82) is 0 Å². The summed E-state index contributed by atoms with van der Waals surface area (Å²) in [5.74, 6) is 0. The maximum atomic E-state index is 6.13. The van der Waals surface area contributed by atoms with E-state index in [4.69, 9.17) is 15.2 Å². The summed E-state index contributed by atoms with van der Waals surface area (Å²) in [6.45, 7) is 3.59. The first-order valence-corrected chi connectivity index (χ1v) is 6.31. The number of nitrogens with two attached hydrogens (primary N) is 1. The molecule has 3 nitrogen and oxygen atoms in total. The Hall–Kier alpha value is -0.900. The quantitative estimate of drug-likeness (QED) is 0.870. The van der Waals surface area contributed by atoms with Gasteiger partial charge in [0, 0.05) is 19.3 Å². The summed E-state index contributed by atoms with van der Waals surface area (Å²) < 4.78 is 11.5. The minimum absolute atomic E-state index is 0.000227. The van der Waals surface area contributed by atoms with Gasteiger partial charge in [-0.3, -0.25) is 0 Å². The lowest BCUT2D eigenvalue weighted by atomic mass is 10.0. The molecule has 1 aromatic carbocycles. The van der Waals surface area contributed by atoms with Crippen molar-refractivity contribution in [2.24, 2.45) is 5.73 Å². The number of hydrogen-bond donors (Lipinski definition) is 1. The van der Waals surface area contributed by atoms with Gasteiger partial charge < -0.3 is 15.2 Å². The van der Waals surface area contributed by atoms with E-state index >= 15 is 0 Å². The second kappa shape index (κ2) is 6.15. The van der Waals surface area contributed by atoms with Crippen LogP contribution in [-0.2, 0) is 9.47 Å². The number of rotatable bonds is 4. The van der Waals surface area contributed by atoms with Gasteiger partial charge in [-0.2, -0.15) is 0 Å². The monoisotopic (exact) mass is 235 g/mol. The van der Waals surface area contributed by atoms with E-state index in [1.807, 2.05) is 25.1 Å². The van der Waals surface area contributed by atoms with Gasteiger partial charge in [0.2, 0.25) is 0 Å². The molecule has 2 N–H and O–H groups in total. The van der Waals surface area contributed by atoms with Crippen LogP contribution in [0.5, 0.6) is 0 Å². The van der Waals surface area contributed by atoms with E-state index in [1.54, 1.807) is 0 Å². The normalized spacial score (nSPS) is 21.1. The molecular formula is C14H21NO2. The van der Waals surface area contributed by atoms with Crippen LogP contribution >= 0.6 is 0 Å². The van der Waals surface area contributed by atoms with Crippen LogP contribution in [0.2, 0.25) is 0 Å². The van der Waals surface area contributed by atoms with Crippen LogP contribution in [-0.4, -0.2) is 25.4 Å². The molecule has 0 unspecified atom stereocenters. The highest BCUT2D eigenvalue weighted by Gasteiger charge is 2.23. The van der Waals surface area contributed by atoms with E-state index in [2.05, 4.69) is 12.1 Å². The fourth-order valence-electron chi connectivity index (χ4n) is 2.17. The minimum Gasteiger partial charge on any atom is -0.381 e. The molecule has 0 spiro atoms. The summed E-state index contributed by atoms with van der Waals surface area (Å²) in [5.41, 5.74) is 7.19.